The summed E-state index contributed by atoms with van der Waals surface area (Å²) in [7, 11) is 0. The monoisotopic (exact) mass is 356 g/mol. The van der Waals surface area contributed by atoms with Crippen LogP contribution in [0, 0.1) is 0 Å². The smallest absolute Gasteiger partial charge is 0.378 e. The van der Waals surface area contributed by atoms with Crippen LogP contribution in [0.1, 0.15) is 42.9 Å². The van der Waals surface area contributed by atoms with Crippen molar-refractivity contribution in [3.8, 4) is 0 Å². The lowest BCUT2D eigenvalue weighted by Crippen LogP contribution is -2.46. The van der Waals surface area contributed by atoms with Crippen LogP contribution < -0.4 is 5.32 Å². The van der Waals surface area contributed by atoms with Gasteiger partial charge in [-0.15, -0.1) is 0 Å². The standard InChI is InChI=1S/C18H23F3N2O2/c19-18(20,21)14-6-4-13(5-7-14)16-3-1-2-9-23(16)17(24)11-15-12-25-10-8-22-15/h4-7,15-16,22H,1-3,8-12H2. The number of rotatable bonds is 3. The molecule has 2 atom stereocenters. The van der Waals surface area contributed by atoms with Gasteiger partial charge in [-0.1, -0.05) is 12.1 Å². The molecule has 2 unspecified atom stereocenters. The number of ether oxygens (including phenoxy) is 1. The molecule has 1 aromatic carbocycles. The zero-order valence-corrected chi connectivity index (χ0v) is 14.0. The predicted octanol–water partition coefficient (Wildman–Crippen LogP) is 3.14. The van der Waals surface area contributed by atoms with Gasteiger partial charge < -0.3 is 15.0 Å². The fourth-order valence-electron chi connectivity index (χ4n) is 3.55. The number of carbonyl (C=O) groups is 1. The molecule has 2 fully saturated rings. The van der Waals surface area contributed by atoms with Crippen LogP contribution in [0.2, 0.25) is 0 Å². The van der Waals surface area contributed by atoms with Gasteiger partial charge in [-0.2, -0.15) is 13.2 Å². The quantitative estimate of drug-likeness (QED) is 0.905. The van der Waals surface area contributed by atoms with E-state index in [4.69, 9.17) is 4.74 Å². The minimum atomic E-state index is -4.34. The Morgan fingerprint density at radius 2 is 2.00 bits per heavy atom. The molecule has 0 aromatic heterocycles. The Hall–Kier alpha value is -1.60. The number of likely N-dealkylation sites (tertiary alicyclic amines) is 1. The van der Waals surface area contributed by atoms with Crippen LogP contribution in [0.5, 0.6) is 0 Å². The third kappa shape index (κ3) is 4.52. The van der Waals surface area contributed by atoms with Crippen LogP contribution in [0.4, 0.5) is 13.2 Å². The van der Waals surface area contributed by atoms with Gasteiger partial charge in [-0.25, -0.2) is 0 Å². The summed E-state index contributed by atoms with van der Waals surface area (Å²) in [5, 5.41) is 3.27. The number of amides is 1. The van der Waals surface area contributed by atoms with Crippen molar-refractivity contribution in [2.75, 3.05) is 26.3 Å². The molecule has 0 aliphatic carbocycles. The van der Waals surface area contributed by atoms with Gasteiger partial charge in [0, 0.05) is 25.6 Å². The lowest BCUT2D eigenvalue weighted by molar-refractivity contribution is -0.138. The van der Waals surface area contributed by atoms with Gasteiger partial charge in [0.2, 0.25) is 5.91 Å². The third-order valence-electron chi connectivity index (χ3n) is 4.87. The first kappa shape index (κ1) is 18.2. The van der Waals surface area contributed by atoms with Crippen LogP contribution in [-0.2, 0) is 15.7 Å². The van der Waals surface area contributed by atoms with E-state index < -0.39 is 11.7 Å². The molecule has 7 heteroatoms. The molecule has 138 valence electrons. The predicted molar refractivity (Wildman–Crippen MR) is 87.0 cm³/mol. The number of morpholine rings is 1. The highest BCUT2D eigenvalue weighted by molar-refractivity contribution is 5.77. The summed E-state index contributed by atoms with van der Waals surface area (Å²) in [5.41, 5.74) is 0.113. The van der Waals surface area contributed by atoms with Crippen LogP contribution >= 0.6 is 0 Å². The van der Waals surface area contributed by atoms with E-state index in [1.807, 2.05) is 4.90 Å². The summed E-state index contributed by atoms with van der Waals surface area (Å²) in [6, 6.07) is 5.07. The lowest BCUT2D eigenvalue weighted by atomic mass is 9.93. The molecular weight excluding hydrogens is 333 g/mol. The minimum absolute atomic E-state index is 0.0106. The van der Waals surface area contributed by atoms with Crippen molar-refractivity contribution in [1.29, 1.82) is 0 Å². The molecule has 0 radical (unpaired) electrons. The van der Waals surface area contributed by atoms with E-state index in [1.165, 1.54) is 12.1 Å². The van der Waals surface area contributed by atoms with Crippen molar-refractivity contribution >= 4 is 5.91 Å². The Balaban J connectivity index is 1.70. The zero-order valence-electron chi connectivity index (χ0n) is 14.0. The van der Waals surface area contributed by atoms with Gasteiger partial charge in [0.05, 0.1) is 24.8 Å². The lowest BCUT2D eigenvalue weighted by Gasteiger charge is -2.37. The van der Waals surface area contributed by atoms with Crippen molar-refractivity contribution in [1.82, 2.24) is 10.2 Å². The largest absolute Gasteiger partial charge is 0.416 e. The number of piperidine rings is 1. The maximum absolute atomic E-state index is 12.7. The fraction of sp³-hybridized carbons (Fsp3) is 0.611. The summed E-state index contributed by atoms with van der Waals surface area (Å²) < 4.78 is 43.6. The SMILES string of the molecule is O=C(CC1COCCN1)N1CCCCC1c1ccc(C(F)(F)F)cc1. The summed E-state index contributed by atoms with van der Waals surface area (Å²) in [6.07, 6.45) is -1.30. The highest BCUT2D eigenvalue weighted by atomic mass is 19.4. The van der Waals surface area contributed by atoms with E-state index in [9.17, 15) is 18.0 Å². The molecule has 2 saturated heterocycles. The molecule has 3 rings (SSSR count). The van der Waals surface area contributed by atoms with E-state index in [-0.39, 0.29) is 18.0 Å². The maximum atomic E-state index is 12.7. The Morgan fingerprint density at radius 1 is 1.24 bits per heavy atom. The Labute approximate surface area is 145 Å². The number of carbonyl (C=O) groups excluding carboxylic acids is 1. The van der Waals surface area contributed by atoms with Crippen molar-refractivity contribution in [2.24, 2.45) is 0 Å². The van der Waals surface area contributed by atoms with E-state index in [1.54, 1.807) is 0 Å². The van der Waals surface area contributed by atoms with Gasteiger partial charge in [-0.3, -0.25) is 4.79 Å². The molecule has 0 saturated carbocycles. The molecule has 1 aromatic rings. The number of halogens is 3. The zero-order chi connectivity index (χ0) is 17.9. The second kappa shape index (κ2) is 7.74. The summed E-state index contributed by atoms with van der Waals surface area (Å²) >= 11 is 0. The first-order valence-corrected chi connectivity index (χ1v) is 8.73. The normalized spacial score (nSPS) is 25.0. The summed E-state index contributed by atoms with van der Waals surface area (Å²) in [5.74, 6) is 0.0348. The number of hydrogen-bond acceptors (Lipinski definition) is 3. The van der Waals surface area contributed by atoms with Crippen molar-refractivity contribution in [2.45, 2.75) is 43.9 Å². The van der Waals surface area contributed by atoms with Crippen molar-refractivity contribution in [3.05, 3.63) is 35.4 Å². The first-order valence-electron chi connectivity index (χ1n) is 8.73. The molecule has 0 spiro atoms. The van der Waals surface area contributed by atoms with Gasteiger partial charge in [-0.05, 0) is 37.0 Å². The molecule has 1 N–H and O–H groups in total. The molecule has 25 heavy (non-hydrogen) atoms. The van der Waals surface area contributed by atoms with Crippen LogP contribution in [-0.4, -0.2) is 43.2 Å². The Kier molecular flexibility index (Phi) is 5.64. The van der Waals surface area contributed by atoms with Crippen LogP contribution in [0.3, 0.4) is 0 Å². The van der Waals surface area contributed by atoms with Gasteiger partial charge in [0.25, 0.3) is 0 Å². The number of hydrogen-bond donors (Lipinski definition) is 1. The second-order valence-electron chi connectivity index (χ2n) is 6.65. The fourth-order valence-corrected chi connectivity index (χ4v) is 3.55. The topological polar surface area (TPSA) is 41.6 Å². The summed E-state index contributed by atoms with van der Waals surface area (Å²) in [4.78, 5) is 14.5. The minimum Gasteiger partial charge on any atom is -0.378 e. The average Bonchev–Trinajstić information content (AvgIpc) is 2.62. The average molecular weight is 356 g/mol. The molecule has 2 heterocycles. The van der Waals surface area contributed by atoms with E-state index in [2.05, 4.69) is 5.32 Å². The maximum Gasteiger partial charge on any atom is 0.416 e. The van der Waals surface area contributed by atoms with Crippen molar-refractivity contribution in [3.63, 3.8) is 0 Å². The van der Waals surface area contributed by atoms with Gasteiger partial charge in [0.1, 0.15) is 0 Å². The van der Waals surface area contributed by atoms with Crippen molar-refractivity contribution < 1.29 is 22.7 Å². The Bertz CT molecular complexity index is 583. The molecular formula is C18H23F3N2O2. The molecule has 0 bridgehead atoms. The Morgan fingerprint density at radius 3 is 2.64 bits per heavy atom. The molecule has 2 aliphatic heterocycles. The summed E-state index contributed by atoms with van der Waals surface area (Å²) in [6.45, 7) is 2.56. The molecule has 2 aliphatic rings. The van der Waals surface area contributed by atoms with E-state index in [0.29, 0.717) is 26.2 Å². The highest BCUT2D eigenvalue weighted by Gasteiger charge is 2.32. The second-order valence-corrected chi connectivity index (χ2v) is 6.65. The number of alkyl halides is 3. The van der Waals surface area contributed by atoms with Crippen LogP contribution in [0.25, 0.3) is 0 Å². The molecule has 4 nitrogen and oxygen atoms in total. The number of nitrogens with zero attached hydrogens (tertiary/aromatic N) is 1. The van der Waals surface area contributed by atoms with E-state index in [0.717, 1.165) is 43.5 Å². The highest BCUT2D eigenvalue weighted by Crippen LogP contribution is 2.34. The molecule has 1 amide bonds. The number of nitrogens with one attached hydrogen (secondary N) is 1. The van der Waals surface area contributed by atoms with Gasteiger partial charge in [0.15, 0.2) is 0 Å². The van der Waals surface area contributed by atoms with Gasteiger partial charge >= 0.3 is 6.18 Å². The van der Waals surface area contributed by atoms with Crippen LogP contribution in [0.15, 0.2) is 24.3 Å². The first-order chi connectivity index (χ1) is 11.9. The number of benzene rings is 1. The third-order valence-corrected chi connectivity index (χ3v) is 4.87. The van der Waals surface area contributed by atoms with E-state index >= 15 is 0 Å².